The Morgan fingerprint density at radius 1 is 1.09 bits per heavy atom. The number of carboxylic acid groups (broad SMARTS) is 1. The van der Waals surface area contributed by atoms with Crippen LogP contribution >= 0.6 is 0 Å². The number of aliphatic imine (C=N–C) groups is 1. The van der Waals surface area contributed by atoms with Gasteiger partial charge >= 0.3 is 5.97 Å². The molecule has 0 fully saturated rings. The molecule has 0 saturated heterocycles. The maximum Gasteiger partial charge on any atom is 0.338 e. The summed E-state index contributed by atoms with van der Waals surface area (Å²) in [4.78, 5) is 27.7. The number of rotatable bonds is 3. The first-order chi connectivity index (χ1) is 11.0. The first kappa shape index (κ1) is 14.7. The van der Waals surface area contributed by atoms with Crippen molar-refractivity contribution in [1.29, 1.82) is 0 Å². The number of aryl methyl sites for hydroxylation is 1. The topological polar surface area (TPSA) is 87.0 Å². The number of allylic oxidation sites excluding steroid dienone is 1. The van der Waals surface area contributed by atoms with E-state index < -0.39 is 5.97 Å². The highest BCUT2D eigenvalue weighted by Crippen LogP contribution is 2.30. The highest BCUT2D eigenvalue weighted by atomic mass is 16.4. The van der Waals surface area contributed by atoms with Gasteiger partial charge in [-0.2, -0.15) is 0 Å². The summed E-state index contributed by atoms with van der Waals surface area (Å²) in [5.74, 6) is -1.56. The number of carbonyl (C=O) groups excluding carboxylic acids is 1. The van der Waals surface area contributed by atoms with E-state index in [2.05, 4.69) is 4.99 Å². The number of fused-ring (bicyclic) bond motifs is 1. The summed E-state index contributed by atoms with van der Waals surface area (Å²) < 4.78 is 0. The Morgan fingerprint density at radius 2 is 1.78 bits per heavy atom. The molecule has 0 amide bonds. The number of aromatic carboxylic acids is 1. The van der Waals surface area contributed by atoms with E-state index in [9.17, 15) is 19.8 Å². The van der Waals surface area contributed by atoms with Crippen LogP contribution in [0.15, 0.2) is 53.0 Å². The molecule has 0 bridgehead atoms. The van der Waals surface area contributed by atoms with Crippen molar-refractivity contribution in [3.8, 4) is 0 Å². The van der Waals surface area contributed by atoms with Gasteiger partial charge in [-0.15, -0.1) is 0 Å². The Labute approximate surface area is 132 Å². The lowest BCUT2D eigenvalue weighted by atomic mass is 10.1. The predicted molar refractivity (Wildman–Crippen MR) is 86.6 cm³/mol. The van der Waals surface area contributed by atoms with Crippen molar-refractivity contribution in [2.75, 3.05) is 0 Å². The second-order valence-electron chi connectivity index (χ2n) is 5.17. The number of hydrogen-bond acceptors (Lipinski definition) is 4. The molecule has 114 valence electrons. The van der Waals surface area contributed by atoms with Gasteiger partial charge in [0.25, 0.3) is 0 Å². The fourth-order valence-corrected chi connectivity index (χ4v) is 2.58. The molecule has 1 aliphatic carbocycles. The first-order valence-electron chi connectivity index (χ1n) is 6.95. The molecule has 0 atom stereocenters. The summed E-state index contributed by atoms with van der Waals surface area (Å²) in [5.41, 5.74) is 1.82. The van der Waals surface area contributed by atoms with E-state index >= 15 is 0 Å². The number of aliphatic hydroxyl groups is 1. The van der Waals surface area contributed by atoms with Gasteiger partial charge in [0.1, 0.15) is 5.76 Å². The van der Waals surface area contributed by atoms with Gasteiger partial charge < -0.3 is 10.2 Å². The Kier molecular flexibility index (Phi) is 3.54. The van der Waals surface area contributed by atoms with Crippen molar-refractivity contribution in [3.05, 3.63) is 70.3 Å². The second-order valence-corrected chi connectivity index (χ2v) is 5.17. The molecule has 3 rings (SSSR count). The zero-order valence-electron chi connectivity index (χ0n) is 12.3. The molecule has 0 aromatic heterocycles. The Bertz CT molecular complexity index is 894. The van der Waals surface area contributed by atoms with Crippen LogP contribution in [0.5, 0.6) is 0 Å². The molecular formula is C18H13NO4. The summed E-state index contributed by atoms with van der Waals surface area (Å²) in [6, 6.07) is 11.6. The number of hydrogen-bond donors (Lipinski definition) is 2. The summed E-state index contributed by atoms with van der Waals surface area (Å²) in [6.45, 7) is 1.68. The van der Waals surface area contributed by atoms with Crippen molar-refractivity contribution >= 4 is 29.4 Å². The summed E-state index contributed by atoms with van der Waals surface area (Å²) in [7, 11) is 0. The van der Waals surface area contributed by atoms with Crippen molar-refractivity contribution in [1.82, 2.24) is 0 Å². The van der Waals surface area contributed by atoms with Crippen molar-refractivity contribution in [2.45, 2.75) is 6.92 Å². The Balaban J connectivity index is 2.03. The molecule has 0 radical (unpaired) electrons. The fraction of sp³-hybridized carbons (Fsp3) is 0.0556. The number of ketones is 1. The van der Waals surface area contributed by atoms with Crippen molar-refractivity contribution < 1.29 is 19.8 Å². The standard InChI is InChI=1S/C18H13NO4/c1-10-5-4-8-14(15(10)18(22)23)19-9-13-16(20)11-6-2-3-7-12(11)17(13)21/h2-9,20H,1H3,(H,22,23). The second kappa shape index (κ2) is 5.53. The van der Waals surface area contributed by atoms with Crippen LogP contribution < -0.4 is 0 Å². The summed E-state index contributed by atoms with van der Waals surface area (Å²) in [6.07, 6.45) is 1.22. The smallest absolute Gasteiger partial charge is 0.338 e. The van der Waals surface area contributed by atoms with E-state index in [1.165, 1.54) is 6.21 Å². The minimum atomic E-state index is -1.09. The number of carboxylic acids is 1. The van der Waals surface area contributed by atoms with Crippen LogP contribution in [0.25, 0.3) is 5.76 Å². The average Bonchev–Trinajstić information content (AvgIpc) is 2.77. The molecule has 5 heteroatoms. The predicted octanol–water partition coefficient (Wildman–Crippen LogP) is 3.56. The van der Waals surface area contributed by atoms with Gasteiger partial charge in [0, 0.05) is 17.3 Å². The van der Waals surface area contributed by atoms with Crippen LogP contribution in [0, 0.1) is 6.92 Å². The van der Waals surface area contributed by atoms with Gasteiger partial charge in [-0.05, 0) is 18.6 Å². The van der Waals surface area contributed by atoms with Gasteiger partial charge in [0.05, 0.1) is 16.8 Å². The maximum absolute atomic E-state index is 12.3. The summed E-state index contributed by atoms with van der Waals surface area (Å²) >= 11 is 0. The van der Waals surface area contributed by atoms with Gasteiger partial charge in [-0.25, -0.2) is 4.79 Å². The minimum Gasteiger partial charge on any atom is -0.506 e. The van der Waals surface area contributed by atoms with Crippen LogP contribution in [-0.4, -0.2) is 28.2 Å². The molecule has 2 aromatic rings. The highest BCUT2D eigenvalue weighted by molar-refractivity contribution is 6.30. The van der Waals surface area contributed by atoms with Crippen LogP contribution in [0.2, 0.25) is 0 Å². The maximum atomic E-state index is 12.3. The molecule has 1 aliphatic rings. The van der Waals surface area contributed by atoms with Gasteiger partial charge in [0.15, 0.2) is 5.78 Å². The Hall–Kier alpha value is -3.21. The average molecular weight is 307 g/mol. The molecule has 0 aliphatic heterocycles. The van der Waals surface area contributed by atoms with E-state index in [0.717, 1.165) is 0 Å². The molecule has 2 aromatic carbocycles. The molecule has 5 nitrogen and oxygen atoms in total. The van der Waals surface area contributed by atoms with Crippen molar-refractivity contribution in [3.63, 3.8) is 0 Å². The van der Waals surface area contributed by atoms with E-state index in [1.54, 1.807) is 49.4 Å². The quantitative estimate of drug-likeness (QED) is 0.849. The highest BCUT2D eigenvalue weighted by Gasteiger charge is 2.28. The van der Waals surface area contributed by atoms with E-state index in [0.29, 0.717) is 16.7 Å². The van der Waals surface area contributed by atoms with E-state index in [4.69, 9.17) is 0 Å². The number of nitrogens with zero attached hydrogens (tertiary/aromatic N) is 1. The molecular weight excluding hydrogens is 294 g/mol. The SMILES string of the molecule is Cc1cccc(N=CC2=C(O)c3ccccc3C2=O)c1C(=O)O. The van der Waals surface area contributed by atoms with E-state index in [1.807, 2.05) is 0 Å². The lowest BCUT2D eigenvalue weighted by molar-refractivity contribution is 0.0697. The third kappa shape index (κ3) is 2.42. The Morgan fingerprint density at radius 3 is 2.43 bits per heavy atom. The van der Waals surface area contributed by atoms with Gasteiger partial charge in [-0.3, -0.25) is 9.79 Å². The number of Topliss-reactive ketones (excluding diaryl/α,β-unsaturated/α-hetero) is 1. The zero-order valence-corrected chi connectivity index (χ0v) is 12.3. The first-order valence-corrected chi connectivity index (χ1v) is 6.95. The molecule has 0 spiro atoms. The van der Waals surface area contributed by atoms with Crippen molar-refractivity contribution in [2.24, 2.45) is 4.99 Å². The monoisotopic (exact) mass is 307 g/mol. The lowest BCUT2D eigenvalue weighted by Gasteiger charge is -2.04. The molecule has 2 N–H and O–H groups in total. The zero-order chi connectivity index (χ0) is 16.6. The molecule has 0 saturated carbocycles. The summed E-state index contributed by atoms with van der Waals surface area (Å²) in [5, 5.41) is 19.5. The normalized spacial score (nSPS) is 13.7. The number of carbonyl (C=O) groups is 2. The third-order valence-corrected chi connectivity index (χ3v) is 3.72. The molecule has 23 heavy (non-hydrogen) atoms. The van der Waals surface area contributed by atoms with Crippen LogP contribution in [0.4, 0.5) is 5.69 Å². The number of benzene rings is 2. The largest absolute Gasteiger partial charge is 0.506 e. The minimum absolute atomic E-state index is 0.0593. The van der Waals surface area contributed by atoms with Crippen LogP contribution in [0.1, 0.15) is 31.8 Å². The molecule has 0 unspecified atom stereocenters. The number of aliphatic hydroxyl groups excluding tert-OH is 1. The van der Waals surface area contributed by atoms with Gasteiger partial charge in [0.2, 0.25) is 0 Å². The van der Waals surface area contributed by atoms with Crippen LogP contribution in [-0.2, 0) is 0 Å². The van der Waals surface area contributed by atoms with Gasteiger partial charge in [-0.1, -0.05) is 36.4 Å². The third-order valence-electron chi connectivity index (χ3n) is 3.72. The van der Waals surface area contributed by atoms with Crippen LogP contribution in [0.3, 0.4) is 0 Å². The van der Waals surface area contributed by atoms with E-state index in [-0.39, 0.29) is 28.4 Å². The fourth-order valence-electron chi connectivity index (χ4n) is 2.58. The lowest BCUT2D eigenvalue weighted by Crippen LogP contribution is -2.02. The molecule has 0 heterocycles.